The summed E-state index contributed by atoms with van der Waals surface area (Å²) in [5.41, 5.74) is 2.61. The average molecular weight is 458 g/mol. The zero-order valence-electron chi connectivity index (χ0n) is 17.1. The normalized spacial score (nSPS) is 20.4. The van der Waals surface area contributed by atoms with Gasteiger partial charge in [-0.2, -0.15) is 0 Å². The fourth-order valence-corrected chi connectivity index (χ4v) is 3.45. The van der Waals surface area contributed by atoms with Crippen LogP contribution in [0.15, 0.2) is 30.5 Å². The van der Waals surface area contributed by atoms with Gasteiger partial charge in [-0.25, -0.2) is 4.58 Å². The van der Waals surface area contributed by atoms with Gasteiger partial charge in [0.2, 0.25) is 0 Å². The molecule has 2 aliphatic rings. The van der Waals surface area contributed by atoms with Gasteiger partial charge >= 0.3 is 33.0 Å². The number of halogens is 6. The van der Waals surface area contributed by atoms with Crippen LogP contribution in [0.4, 0.5) is 25.2 Å². The number of likely N-dealkylation sites (tertiary alicyclic amines) is 1. The van der Waals surface area contributed by atoms with Crippen LogP contribution in [0.1, 0.15) is 44.1 Å². The molecule has 0 unspecified atom stereocenters. The molecule has 0 aliphatic carbocycles. The van der Waals surface area contributed by atoms with Gasteiger partial charge in [0.15, 0.2) is 6.21 Å². The van der Waals surface area contributed by atoms with E-state index in [1.165, 1.54) is 75.8 Å². The van der Waals surface area contributed by atoms with E-state index in [1.807, 2.05) is 0 Å². The van der Waals surface area contributed by atoms with Crippen molar-refractivity contribution >= 4 is 19.6 Å². The van der Waals surface area contributed by atoms with Gasteiger partial charge in [-0.05, 0) is 43.4 Å². The van der Waals surface area contributed by atoms with Crippen molar-refractivity contribution in [1.82, 2.24) is 4.90 Å². The summed E-state index contributed by atoms with van der Waals surface area (Å²) < 4.78 is 67.0. The number of methoxy groups -OCH3 is 1. The Kier molecular flexibility index (Phi) is 7.49. The molecule has 2 fully saturated rings. The molecule has 10 heteroatoms. The second kappa shape index (κ2) is 9.16. The molecule has 0 spiro atoms. The van der Waals surface area contributed by atoms with Crippen molar-refractivity contribution in [3.63, 3.8) is 0 Å². The van der Waals surface area contributed by atoms with Crippen LogP contribution in [0, 0.1) is 0 Å². The van der Waals surface area contributed by atoms with Crippen molar-refractivity contribution in [3.8, 4) is 5.75 Å². The number of hydrogen-bond acceptors (Lipinski definition) is 2. The molecule has 0 aromatic heterocycles. The second-order valence-electron chi connectivity index (χ2n) is 7.59. The zero-order valence-corrected chi connectivity index (χ0v) is 17.9. The van der Waals surface area contributed by atoms with Crippen molar-refractivity contribution in [3.05, 3.63) is 36.0 Å². The average Bonchev–Trinajstić information content (AvgIpc) is 2.67. The molecular formula is C20H29F6N2OP. The number of piperidine rings is 2. The Labute approximate surface area is 173 Å². The molecule has 3 rings (SSSR count). The van der Waals surface area contributed by atoms with E-state index in [1.54, 1.807) is 7.11 Å². The molecule has 2 aliphatic heterocycles. The van der Waals surface area contributed by atoms with Crippen molar-refractivity contribution in [2.75, 3.05) is 33.3 Å². The second-order valence-corrected chi connectivity index (χ2v) is 9.51. The zero-order chi connectivity index (χ0) is 22.3. The molecule has 0 bridgehead atoms. The summed E-state index contributed by atoms with van der Waals surface area (Å²) in [7, 11) is -8.94. The van der Waals surface area contributed by atoms with Gasteiger partial charge in [0.1, 0.15) is 18.8 Å². The standard InChI is InChI=1S/C20H29N2O.F6P/c1-23-20-10-8-18(9-11-20)19(16-21-12-4-2-5-13-21)17-22-14-6-3-7-15-22;1-7(2,3,4,5)6/h8-11,16-17H,2-7,12-15H2,1H3;/q+1;-1. The summed E-state index contributed by atoms with van der Waals surface area (Å²) in [5, 5.41) is 0. The Hall–Kier alpha value is -1.76. The van der Waals surface area contributed by atoms with E-state index in [0.29, 0.717) is 0 Å². The molecule has 2 heterocycles. The maximum atomic E-state index is 9.87. The predicted molar refractivity (Wildman–Crippen MR) is 110 cm³/mol. The van der Waals surface area contributed by atoms with E-state index in [4.69, 9.17) is 4.74 Å². The van der Waals surface area contributed by atoms with Crippen LogP contribution in [-0.2, 0) is 0 Å². The topological polar surface area (TPSA) is 15.5 Å². The fourth-order valence-electron chi connectivity index (χ4n) is 3.45. The van der Waals surface area contributed by atoms with E-state index in [9.17, 15) is 25.2 Å². The van der Waals surface area contributed by atoms with Gasteiger partial charge < -0.3 is 9.64 Å². The van der Waals surface area contributed by atoms with Crippen LogP contribution in [-0.4, -0.2) is 49.0 Å². The third-order valence-corrected chi connectivity index (χ3v) is 4.85. The number of rotatable bonds is 4. The van der Waals surface area contributed by atoms with Crippen molar-refractivity contribution < 1.29 is 34.5 Å². The monoisotopic (exact) mass is 458 g/mol. The first-order valence-corrected chi connectivity index (χ1v) is 12.1. The van der Waals surface area contributed by atoms with Gasteiger partial charge in [0, 0.05) is 32.1 Å². The molecule has 2 saturated heterocycles. The van der Waals surface area contributed by atoms with Crippen LogP contribution in [0.3, 0.4) is 0 Å². The Morgan fingerprint density at radius 2 is 1.37 bits per heavy atom. The van der Waals surface area contributed by atoms with Gasteiger partial charge in [-0.1, -0.05) is 12.1 Å². The first kappa shape index (κ1) is 24.5. The van der Waals surface area contributed by atoms with Crippen LogP contribution in [0.2, 0.25) is 0 Å². The molecule has 172 valence electrons. The Bertz CT molecular complexity index is 734. The molecular weight excluding hydrogens is 429 g/mol. The van der Waals surface area contributed by atoms with Crippen LogP contribution in [0.5, 0.6) is 5.75 Å². The van der Waals surface area contributed by atoms with E-state index >= 15 is 0 Å². The summed E-state index contributed by atoms with van der Waals surface area (Å²) in [5.74, 6) is 0.920. The fraction of sp³-hybridized carbons (Fsp3) is 0.550. The third-order valence-electron chi connectivity index (χ3n) is 4.85. The number of nitrogens with zero attached hydrogens (tertiary/aromatic N) is 2. The van der Waals surface area contributed by atoms with Gasteiger partial charge in [-0.15, -0.1) is 0 Å². The molecule has 3 nitrogen and oxygen atoms in total. The molecule has 0 amide bonds. The molecule has 30 heavy (non-hydrogen) atoms. The van der Waals surface area contributed by atoms with Crippen molar-refractivity contribution in [2.24, 2.45) is 0 Å². The summed E-state index contributed by atoms with van der Waals surface area (Å²) in [6, 6.07) is 8.47. The third kappa shape index (κ3) is 11.4. The molecule has 0 saturated carbocycles. The molecule has 0 atom stereocenters. The van der Waals surface area contributed by atoms with E-state index in [2.05, 4.69) is 46.2 Å². The minimum absolute atomic E-state index is 0.920. The van der Waals surface area contributed by atoms with Crippen molar-refractivity contribution in [1.29, 1.82) is 0 Å². The quantitative estimate of drug-likeness (QED) is 0.270. The SMILES string of the molecule is COc1ccc(/C(C=[N+]2CCCCC2)=C\N2CCCCC2)cc1.F[P-](F)(F)(F)(F)F. The van der Waals surface area contributed by atoms with Crippen LogP contribution < -0.4 is 4.74 Å². The van der Waals surface area contributed by atoms with Crippen LogP contribution in [0.25, 0.3) is 5.57 Å². The summed E-state index contributed by atoms with van der Waals surface area (Å²) in [4.78, 5) is 2.49. The van der Waals surface area contributed by atoms with Gasteiger partial charge in [0.05, 0.1) is 12.7 Å². The molecule has 0 N–H and O–H groups in total. The van der Waals surface area contributed by atoms with Crippen LogP contribution >= 0.6 is 7.81 Å². The van der Waals surface area contributed by atoms with Gasteiger partial charge in [0.25, 0.3) is 0 Å². The van der Waals surface area contributed by atoms with E-state index < -0.39 is 7.81 Å². The Morgan fingerprint density at radius 3 is 1.87 bits per heavy atom. The van der Waals surface area contributed by atoms with Gasteiger partial charge in [-0.3, -0.25) is 0 Å². The minimum atomic E-state index is -10.7. The molecule has 1 aromatic rings. The summed E-state index contributed by atoms with van der Waals surface area (Å²) in [6.07, 6.45) is 12.7. The number of hydrogen-bond donors (Lipinski definition) is 0. The number of ether oxygens (including phenoxy) is 1. The number of benzene rings is 1. The van der Waals surface area contributed by atoms with E-state index in [0.717, 1.165) is 5.75 Å². The predicted octanol–water partition coefficient (Wildman–Crippen LogP) is 7.17. The summed E-state index contributed by atoms with van der Waals surface area (Å²) in [6.45, 7) is 4.75. The number of allylic oxidation sites excluding steroid dienone is 1. The Morgan fingerprint density at radius 1 is 0.867 bits per heavy atom. The van der Waals surface area contributed by atoms with E-state index in [-0.39, 0.29) is 0 Å². The maximum absolute atomic E-state index is 10.7. The first-order valence-electron chi connectivity index (χ1n) is 10.1. The molecule has 0 radical (unpaired) electrons. The first-order chi connectivity index (χ1) is 13.8. The Balaban J connectivity index is 0.000000396. The summed E-state index contributed by atoms with van der Waals surface area (Å²) >= 11 is 0. The molecule has 1 aromatic carbocycles. The van der Waals surface area contributed by atoms with Crippen molar-refractivity contribution in [2.45, 2.75) is 38.5 Å².